The first-order valence-electron chi connectivity index (χ1n) is 5.21. The Bertz CT molecular complexity index is 132. The maximum Gasteiger partial charge on any atom is 0.0489 e. The van der Waals surface area contributed by atoms with Gasteiger partial charge in [-0.05, 0) is 19.1 Å². The van der Waals surface area contributed by atoms with Crippen molar-refractivity contribution in [2.75, 3.05) is 18.6 Å². The van der Waals surface area contributed by atoms with Gasteiger partial charge in [-0.2, -0.15) is 11.8 Å². The lowest BCUT2D eigenvalue weighted by Crippen LogP contribution is -2.37. The average Bonchev–Trinajstić information content (AvgIpc) is 2.32. The predicted molar refractivity (Wildman–Crippen MR) is 62.9 cm³/mol. The molecule has 78 valence electrons. The van der Waals surface area contributed by atoms with E-state index < -0.39 is 0 Å². The molecular weight excluding hydrogens is 202 g/mol. The summed E-state index contributed by atoms with van der Waals surface area (Å²) in [5.41, 5.74) is 0. The molecule has 0 aromatic carbocycles. The Kier molecular flexibility index (Phi) is 6.26. The maximum absolute atomic E-state index is 6.30. The van der Waals surface area contributed by atoms with Gasteiger partial charge >= 0.3 is 0 Å². The standard InChI is InChI=1S/C10H20ClNS/c1-13-8-7-12-10-6-4-2-3-5-9(10)11/h9-10,12H,2-8H2,1H3. The molecule has 0 radical (unpaired) electrons. The number of nitrogens with one attached hydrogen (secondary N) is 1. The van der Waals surface area contributed by atoms with Crippen LogP contribution in [0.3, 0.4) is 0 Å². The number of rotatable bonds is 4. The van der Waals surface area contributed by atoms with Crippen molar-refractivity contribution in [3.05, 3.63) is 0 Å². The molecule has 1 fully saturated rings. The van der Waals surface area contributed by atoms with Crippen LogP contribution in [0.25, 0.3) is 0 Å². The molecule has 0 heterocycles. The molecule has 1 rings (SSSR count). The third-order valence-electron chi connectivity index (χ3n) is 2.64. The highest BCUT2D eigenvalue weighted by Gasteiger charge is 2.20. The summed E-state index contributed by atoms with van der Waals surface area (Å²) in [5.74, 6) is 1.19. The number of hydrogen-bond donors (Lipinski definition) is 1. The van der Waals surface area contributed by atoms with Crippen LogP contribution < -0.4 is 5.32 Å². The first kappa shape index (κ1) is 11.7. The molecule has 0 spiro atoms. The number of alkyl halides is 1. The molecule has 1 N–H and O–H groups in total. The smallest absolute Gasteiger partial charge is 0.0489 e. The fourth-order valence-electron chi connectivity index (χ4n) is 1.84. The summed E-state index contributed by atoms with van der Waals surface area (Å²) in [6, 6.07) is 0.566. The highest BCUT2D eigenvalue weighted by atomic mass is 35.5. The SMILES string of the molecule is CSCCNC1CCCCCC1Cl. The quantitative estimate of drug-likeness (QED) is 0.445. The molecular formula is C10H20ClNS. The Balaban J connectivity index is 2.19. The summed E-state index contributed by atoms with van der Waals surface area (Å²) in [6.45, 7) is 1.11. The molecule has 2 atom stereocenters. The van der Waals surface area contributed by atoms with Crippen molar-refractivity contribution in [2.24, 2.45) is 0 Å². The van der Waals surface area contributed by atoms with E-state index in [1.165, 1.54) is 37.9 Å². The van der Waals surface area contributed by atoms with Crippen molar-refractivity contribution >= 4 is 23.4 Å². The predicted octanol–water partition coefficient (Wildman–Crippen LogP) is 2.88. The summed E-state index contributed by atoms with van der Waals surface area (Å²) < 4.78 is 0. The molecule has 1 aliphatic rings. The van der Waals surface area contributed by atoms with Gasteiger partial charge in [0.2, 0.25) is 0 Å². The van der Waals surface area contributed by atoms with E-state index in [4.69, 9.17) is 11.6 Å². The third-order valence-corrected chi connectivity index (χ3v) is 3.78. The summed E-state index contributed by atoms with van der Waals surface area (Å²) in [5, 5.41) is 3.92. The summed E-state index contributed by atoms with van der Waals surface area (Å²) >= 11 is 8.19. The van der Waals surface area contributed by atoms with Gasteiger partial charge in [0.25, 0.3) is 0 Å². The van der Waals surface area contributed by atoms with Gasteiger partial charge in [-0.1, -0.05) is 19.3 Å². The van der Waals surface area contributed by atoms with Crippen LogP contribution in [0.15, 0.2) is 0 Å². The van der Waals surface area contributed by atoms with Crippen molar-refractivity contribution in [2.45, 2.75) is 43.5 Å². The average molecular weight is 222 g/mol. The van der Waals surface area contributed by atoms with Crippen LogP contribution in [-0.4, -0.2) is 30.0 Å². The van der Waals surface area contributed by atoms with Crippen molar-refractivity contribution in [3.63, 3.8) is 0 Å². The molecule has 0 saturated heterocycles. The highest BCUT2D eigenvalue weighted by molar-refractivity contribution is 7.98. The molecule has 0 aromatic rings. The Morgan fingerprint density at radius 3 is 2.85 bits per heavy atom. The molecule has 1 saturated carbocycles. The zero-order valence-electron chi connectivity index (χ0n) is 8.39. The van der Waals surface area contributed by atoms with Gasteiger partial charge in [-0.3, -0.25) is 0 Å². The van der Waals surface area contributed by atoms with E-state index in [9.17, 15) is 0 Å². The van der Waals surface area contributed by atoms with Crippen molar-refractivity contribution in [1.29, 1.82) is 0 Å². The van der Waals surface area contributed by atoms with Gasteiger partial charge in [0.05, 0.1) is 0 Å². The van der Waals surface area contributed by atoms with E-state index in [0.717, 1.165) is 6.54 Å². The summed E-state index contributed by atoms with van der Waals surface area (Å²) in [6.07, 6.45) is 8.63. The van der Waals surface area contributed by atoms with Crippen LogP contribution in [0.1, 0.15) is 32.1 Å². The Hall–Kier alpha value is 0.600. The second-order valence-electron chi connectivity index (χ2n) is 3.71. The van der Waals surface area contributed by atoms with Gasteiger partial charge in [0.15, 0.2) is 0 Å². The zero-order chi connectivity index (χ0) is 9.52. The lowest BCUT2D eigenvalue weighted by atomic mass is 10.1. The van der Waals surface area contributed by atoms with E-state index in [0.29, 0.717) is 11.4 Å². The number of thioether (sulfide) groups is 1. The second kappa shape index (κ2) is 6.97. The van der Waals surface area contributed by atoms with Crippen LogP contribution in [0.4, 0.5) is 0 Å². The molecule has 0 aromatic heterocycles. The number of hydrogen-bond acceptors (Lipinski definition) is 2. The van der Waals surface area contributed by atoms with Crippen molar-refractivity contribution in [1.82, 2.24) is 5.32 Å². The van der Waals surface area contributed by atoms with Crippen LogP contribution in [0.2, 0.25) is 0 Å². The highest BCUT2D eigenvalue weighted by Crippen LogP contribution is 2.22. The molecule has 0 amide bonds. The van der Waals surface area contributed by atoms with Crippen LogP contribution in [-0.2, 0) is 0 Å². The topological polar surface area (TPSA) is 12.0 Å². The molecule has 1 nitrogen and oxygen atoms in total. The molecule has 2 unspecified atom stereocenters. The normalized spacial score (nSPS) is 30.0. The number of halogens is 1. The zero-order valence-corrected chi connectivity index (χ0v) is 9.96. The second-order valence-corrected chi connectivity index (χ2v) is 5.25. The largest absolute Gasteiger partial charge is 0.312 e. The van der Waals surface area contributed by atoms with E-state index in [-0.39, 0.29) is 0 Å². The summed E-state index contributed by atoms with van der Waals surface area (Å²) in [4.78, 5) is 0. The van der Waals surface area contributed by atoms with E-state index in [2.05, 4.69) is 11.6 Å². The monoisotopic (exact) mass is 221 g/mol. The lowest BCUT2D eigenvalue weighted by Gasteiger charge is -2.20. The van der Waals surface area contributed by atoms with Crippen molar-refractivity contribution in [3.8, 4) is 0 Å². The molecule has 0 aliphatic heterocycles. The van der Waals surface area contributed by atoms with Gasteiger partial charge in [0.1, 0.15) is 0 Å². The lowest BCUT2D eigenvalue weighted by molar-refractivity contribution is 0.480. The minimum absolute atomic E-state index is 0.365. The molecule has 3 heteroatoms. The van der Waals surface area contributed by atoms with Gasteiger partial charge < -0.3 is 5.32 Å². The Labute approximate surface area is 91.0 Å². The van der Waals surface area contributed by atoms with E-state index in [1.807, 2.05) is 11.8 Å². The van der Waals surface area contributed by atoms with Crippen LogP contribution in [0.5, 0.6) is 0 Å². The minimum Gasteiger partial charge on any atom is -0.312 e. The minimum atomic E-state index is 0.365. The molecule has 0 bridgehead atoms. The Morgan fingerprint density at radius 2 is 2.08 bits per heavy atom. The van der Waals surface area contributed by atoms with Gasteiger partial charge in [0, 0.05) is 23.7 Å². The third kappa shape index (κ3) is 4.57. The Morgan fingerprint density at radius 1 is 1.31 bits per heavy atom. The van der Waals surface area contributed by atoms with Crippen LogP contribution >= 0.6 is 23.4 Å². The first-order chi connectivity index (χ1) is 6.34. The maximum atomic E-state index is 6.30. The van der Waals surface area contributed by atoms with E-state index >= 15 is 0 Å². The van der Waals surface area contributed by atoms with E-state index in [1.54, 1.807) is 0 Å². The molecule has 13 heavy (non-hydrogen) atoms. The van der Waals surface area contributed by atoms with Gasteiger partial charge in [-0.15, -0.1) is 11.6 Å². The molecule has 1 aliphatic carbocycles. The van der Waals surface area contributed by atoms with Crippen molar-refractivity contribution < 1.29 is 0 Å². The van der Waals surface area contributed by atoms with Gasteiger partial charge in [-0.25, -0.2) is 0 Å². The first-order valence-corrected chi connectivity index (χ1v) is 7.04. The summed E-state index contributed by atoms with van der Waals surface area (Å²) in [7, 11) is 0. The fourth-order valence-corrected chi connectivity index (χ4v) is 2.53. The fraction of sp³-hybridized carbons (Fsp3) is 1.00. The van der Waals surface area contributed by atoms with Crippen LogP contribution in [0, 0.1) is 0 Å².